The molecule has 2 aromatic rings. The van der Waals surface area contributed by atoms with Crippen molar-refractivity contribution < 1.29 is 13.2 Å². The van der Waals surface area contributed by atoms with E-state index in [0.717, 1.165) is 16.9 Å². The van der Waals surface area contributed by atoms with Crippen molar-refractivity contribution in [3.63, 3.8) is 0 Å². The second-order valence-electron chi connectivity index (χ2n) is 4.74. The molecule has 0 spiro atoms. The smallest absolute Gasteiger partial charge is 0.215 e. The van der Waals surface area contributed by atoms with Crippen LogP contribution in [0.15, 0.2) is 54.6 Å². The summed E-state index contributed by atoms with van der Waals surface area (Å²) in [4.78, 5) is 0. The van der Waals surface area contributed by atoms with Crippen molar-refractivity contribution in [2.75, 3.05) is 13.7 Å². The van der Waals surface area contributed by atoms with Gasteiger partial charge in [-0.3, -0.25) is 0 Å². The summed E-state index contributed by atoms with van der Waals surface area (Å²) in [6.07, 6.45) is 0.651. The average molecular weight is 305 g/mol. The molecule has 0 heterocycles. The Balaban J connectivity index is 1.84. The molecular weight excluding hydrogens is 286 g/mol. The Kier molecular flexibility index (Phi) is 5.36. The lowest BCUT2D eigenvalue weighted by Crippen LogP contribution is -2.27. The first-order valence-corrected chi connectivity index (χ1v) is 8.38. The number of nitrogens with one attached hydrogen (secondary N) is 1. The van der Waals surface area contributed by atoms with Gasteiger partial charge in [0.2, 0.25) is 10.0 Å². The molecule has 4 nitrogen and oxygen atoms in total. The van der Waals surface area contributed by atoms with Crippen LogP contribution in [0.5, 0.6) is 5.75 Å². The van der Waals surface area contributed by atoms with Crippen molar-refractivity contribution >= 4 is 10.0 Å². The lowest BCUT2D eigenvalue weighted by atomic mass is 10.1. The Morgan fingerprint density at radius 3 is 2.24 bits per heavy atom. The highest BCUT2D eigenvalue weighted by molar-refractivity contribution is 7.88. The Bertz CT molecular complexity index is 652. The standard InChI is InChI=1S/C16H19NO3S/c1-20-16-9-7-14(8-10-16)11-12-17-21(18,19)13-15-5-3-2-4-6-15/h2-10,17H,11-13H2,1H3. The summed E-state index contributed by atoms with van der Waals surface area (Å²) in [5.41, 5.74) is 1.85. The Morgan fingerprint density at radius 1 is 0.952 bits per heavy atom. The van der Waals surface area contributed by atoms with Crippen LogP contribution in [0, 0.1) is 0 Å². The molecule has 0 aliphatic heterocycles. The van der Waals surface area contributed by atoms with E-state index in [1.165, 1.54) is 0 Å². The maximum Gasteiger partial charge on any atom is 0.215 e. The Labute approximate surface area is 125 Å². The van der Waals surface area contributed by atoms with Crippen LogP contribution in [0.1, 0.15) is 11.1 Å². The molecule has 0 radical (unpaired) electrons. The number of sulfonamides is 1. The number of hydrogen-bond donors (Lipinski definition) is 1. The summed E-state index contributed by atoms with van der Waals surface area (Å²) in [6, 6.07) is 16.8. The summed E-state index contributed by atoms with van der Waals surface area (Å²) in [7, 11) is -1.67. The zero-order valence-electron chi connectivity index (χ0n) is 12.0. The first kappa shape index (κ1) is 15.5. The van der Waals surface area contributed by atoms with Gasteiger partial charge in [0.15, 0.2) is 0 Å². The first-order valence-electron chi connectivity index (χ1n) is 6.73. The molecule has 5 heteroatoms. The SMILES string of the molecule is COc1ccc(CCNS(=O)(=O)Cc2ccccc2)cc1. The largest absolute Gasteiger partial charge is 0.497 e. The van der Waals surface area contributed by atoms with Gasteiger partial charge in [-0.1, -0.05) is 42.5 Å². The molecule has 2 rings (SSSR count). The van der Waals surface area contributed by atoms with E-state index in [1.807, 2.05) is 54.6 Å². The maximum atomic E-state index is 12.0. The summed E-state index contributed by atoms with van der Waals surface area (Å²) in [5.74, 6) is 0.805. The number of ether oxygens (including phenoxy) is 1. The van der Waals surface area contributed by atoms with E-state index >= 15 is 0 Å². The zero-order chi connectivity index (χ0) is 15.1. The van der Waals surface area contributed by atoms with Crippen LogP contribution in [-0.4, -0.2) is 22.1 Å². The van der Waals surface area contributed by atoms with Crippen molar-refractivity contribution in [2.45, 2.75) is 12.2 Å². The Morgan fingerprint density at radius 2 is 1.62 bits per heavy atom. The van der Waals surface area contributed by atoms with Crippen LogP contribution >= 0.6 is 0 Å². The molecular formula is C16H19NO3S. The fraction of sp³-hybridized carbons (Fsp3) is 0.250. The molecule has 21 heavy (non-hydrogen) atoms. The van der Waals surface area contributed by atoms with Crippen LogP contribution in [0.2, 0.25) is 0 Å². The van der Waals surface area contributed by atoms with Gasteiger partial charge in [-0.25, -0.2) is 13.1 Å². The molecule has 0 aliphatic carbocycles. The van der Waals surface area contributed by atoms with E-state index in [4.69, 9.17) is 4.74 Å². The predicted octanol–water partition coefficient (Wildman–Crippen LogP) is 2.36. The minimum absolute atomic E-state index is 0.0104. The van der Waals surface area contributed by atoms with Crippen LogP contribution < -0.4 is 9.46 Å². The molecule has 0 bridgehead atoms. The van der Waals surface area contributed by atoms with Gasteiger partial charge < -0.3 is 4.74 Å². The van der Waals surface area contributed by atoms with Crippen molar-refractivity contribution in [1.82, 2.24) is 4.72 Å². The quantitative estimate of drug-likeness (QED) is 0.854. The first-order chi connectivity index (χ1) is 10.1. The van der Waals surface area contributed by atoms with Gasteiger partial charge in [-0.2, -0.15) is 0 Å². The van der Waals surface area contributed by atoms with Crippen LogP contribution in [0.3, 0.4) is 0 Å². The Hall–Kier alpha value is -1.85. The molecule has 0 atom stereocenters. The van der Waals surface area contributed by atoms with Crippen LogP contribution in [-0.2, 0) is 22.2 Å². The topological polar surface area (TPSA) is 55.4 Å². The van der Waals surface area contributed by atoms with E-state index in [9.17, 15) is 8.42 Å². The number of benzene rings is 2. The summed E-state index contributed by atoms with van der Waals surface area (Å²) >= 11 is 0. The highest BCUT2D eigenvalue weighted by Crippen LogP contribution is 2.11. The lowest BCUT2D eigenvalue weighted by Gasteiger charge is -2.07. The van der Waals surface area contributed by atoms with Gasteiger partial charge in [0, 0.05) is 6.54 Å². The highest BCUT2D eigenvalue weighted by Gasteiger charge is 2.10. The third-order valence-corrected chi connectivity index (χ3v) is 4.45. The van der Waals surface area contributed by atoms with Crippen molar-refractivity contribution in [1.29, 1.82) is 0 Å². The van der Waals surface area contributed by atoms with E-state index in [-0.39, 0.29) is 5.75 Å². The van der Waals surface area contributed by atoms with Gasteiger partial charge >= 0.3 is 0 Å². The normalized spacial score (nSPS) is 11.3. The second-order valence-corrected chi connectivity index (χ2v) is 6.54. The third-order valence-electron chi connectivity index (χ3n) is 3.09. The fourth-order valence-corrected chi connectivity index (χ4v) is 3.13. The van der Waals surface area contributed by atoms with E-state index < -0.39 is 10.0 Å². The van der Waals surface area contributed by atoms with Gasteiger partial charge in [-0.15, -0.1) is 0 Å². The maximum absolute atomic E-state index is 12.0. The number of methoxy groups -OCH3 is 1. The number of rotatable bonds is 7. The lowest BCUT2D eigenvalue weighted by molar-refractivity contribution is 0.414. The molecule has 0 aliphatic rings. The number of hydrogen-bond acceptors (Lipinski definition) is 3. The molecule has 2 aromatic carbocycles. The molecule has 1 N–H and O–H groups in total. The summed E-state index contributed by atoms with van der Waals surface area (Å²) in [6.45, 7) is 0.390. The molecule has 0 aromatic heterocycles. The van der Waals surface area contributed by atoms with Gasteiger partial charge in [0.1, 0.15) is 5.75 Å². The molecule has 0 saturated carbocycles. The molecule has 0 saturated heterocycles. The minimum atomic E-state index is -3.29. The van der Waals surface area contributed by atoms with Gasteiger partial charge in [0.25, 0.3) is 0 Å². The third kappa shape index (κ3) is 5.21. The van der Waals surface area contributed by atoms with Gasteiger partial charge in [-0.05, 0) is 29.7 Å². The predicted molar refractivity (Wildman–Crippen MR) is 83.8 cm³/mol. The summed E-state index contributed by atoms with van der Waals surface area (Å²) < 4.78 is 31.6. The van der Waals surface area contributed by atoms with E-state index in [0.29, 0.717) is 13.0 Å². The van der Waals surface area contributed by atoms with Crippen LogP contribution in [0.25, 0.3) is 0 Å². The molecule has 0 unspecified atom stereocenters. The summed E-state index contributed by atoms with van der Waals surface area (Å²) in [5, 5.41) is 0. The van der Waals surface area contributed by atoms with Crippen LogP contribution in [0.4, 0.5) is 0 Å². The second kappa shape index (κ2) is 7.24. The molecule has 112 valence electrons. The molecule has 0 amide bonds. The van der Waals surface area contributed by atoms with E-state index in [1.54, 1.807) is 7.11 Å². The monoisotopic (exact) mass is 305 g/mol. The zero-order valence-corrected chi connectivity index (χ0v) is 12.8. The fourth-order valence-electron chi connectivity index (χ4n) is 1.99. The van der Waals surface area contributed by atoms with Gasteiger partial charge in [0.05, 0.1) is 12.9 Å². The highest BCUT2D eigenvalue weighted by atomic mass is 32.2. The van der Waals surface area contributed by atoms with Crippen molar-refractivity contribution in [3.05, 3.63) is 65.7 Å². The van der Waals surface area contributed by atoms with Crippen molar-refractivity contribution in [2.24, 2.45) is 0 Å². The van der Waals surface area contributed by atoms with E-state index in [2.05, 4.69) is 4.72 Å². The minimum Gasteiger partial charge on any atom is -0.497 e. The van der Waals surface area contributed by atoms with Crippen molar-refractivity contribution in [3.8, 4) is 5.75 Å². The average Bonchev–Trinajstić information content (AvgIpc) is 2.48. The molecule has 0 fully saturated rings.